The SMILES string of the molecule is Cn1c(CCN)nnc1SCc1cc(C(N)=O)oc1C(C)(C)C. The van der Waals surface area contributed by atoms with Crippen LogP contribution in [0.4, 0.5) is 0 Å². The smallest absolute Gasteiger partial charge is 0.284 e. The van der Waals surface area contributed by atoms with Gasteiger partial charge in [-0.05, 0) is 12.6 Å². The van der Waals surface area contributed by atoms with Crippen LogP contribution in [0.5, 0.6) is 0 Å². The molecule has 0 aliphatic heterocycles. The molecule has 2 heterocycles. The summed E-state index contributed by atoms with van der Waals surface area (Å²) in [6, 6.07) is 1.72. The summed E-state index contributed by atoms with van der Waals surface area (Å²) in [5, 5.41) is 9.12. The maximum Gasteiger partial charge on any atom is 0.284 e. The fourth-order valence-corrected chi connectivity index (χ4v) is 3.15. The highest BCUT2D eigenvalue weighted by atomic mass is 32.2. The molecule has 0 unspecified atom stereocenters. The van der Waals surface area contributed by atoms with Crippen molar-refractivity contribution in [3.63, 3.8) is 0 Å². The number of nitrogens with two attached hydrogens (primary N) is 2. The average molecular weight is 337 g/mol. The zero-order chi connectivity index (χ0) is 17.2. The third kappa shape index (κ3) is 3.94. The minimum atomic E-state index is -0.560. The van der Waals surface area contributed by atoms with Crippen LogP contribution in [0.2, 0.25) is 0 Å². The summed E-state index contributed by atoms with van der Waals surface area (Å²) >= 11 is 1.54. The minimum absolute atomic E-state index is 0.187. The van der Waals surface area contributed by atoms with Crippen molar-refractivity contribution in [2.75, 3.05) is 6.54 Å². The summed E-state index contributed by atoms with van der Waals surface area (Å²) in [6.45, 7) is 6.64. The van der Waals surface area contributed by atoms with Crippen LogP contribution in [0.15, 0.2) is 15.6 Å². The summed E-state index contributed by atoms with van der Waals surface area (Å²) in [6.07, 6.45) is 0.689. The Morgan fingerprint density at radius 2 is 2.09 bits per heavy atom. The third-order valence-electron chi connectivity index (χ3n) is 3.38. The molecular weight excluding hydrogens is 314 g/mol. The highest BCUT2D eigenvalue weighted by Crippen LogP contribution is 2.32. The van der Waals surface area contributed by atoms with E-state index in [1.165, 1.54) is 11.8 Å². The Hall–Kier alpha value is -1.80. The number of hydrogen-bond acceptors (Lipinski definition) is 6. The number of carbonyl (C=O) groups excluding carboxylic acids is 1. The van der Waals surface area contributed by atoms with E-state index in [2.05, 4.69) is 10.2 Å². The second-order valence-electron chi connectivity index (χ2n) is 6.36. The Morgan fingerprint density at radius 1 is 1.39 bits per heavy atom. The number of hydrogen-bond donors (Lipinski definition) is 2. The summed E-state index contributed by atoms with van der Waals surface area (Å²) in [4.78, 5) is 11.4. The van der Waals surface area contributed by atoms with Crippen molar-refractivity contribution in [2.45, 2.75) is 43.5 Å². The highest BCUT2D eigenvalue weighted by Gasteiger charge is 2.25. The van der Waals surface area contributed by atoms with Crippen LogP contribution in [0.3, 0.4) is 0 Å². The van der Waals surface area contributed by atoms with Crippen LogP contribution >= 0.6 is 11.8 Å². The van der Waals surface area contributed by atoms with Gasteiger partial charge in [0.05, 0.1) is 0 Å². The molecule has 0 atom stereocenters. The lowest BCUT2D eigenvalue weighted by Gasteiger charge is -2.17. The molecular formula is C15H23N5O2S. The molecule has 4 N–H and O–H groups in total. The van der Waals surface area contributed by atoms with Crippen LogP contribution in [0.1, 0.15) is 48.5 Å². The predicted molar refractivity (Wildman–Crippen MR) is 89.2 cm³/mol. The molecule has 2 aromatic heterocycles. The number of amides is 1. The van der Waals surface area contributed by atoms with Gasteiger partial charge in [-0.3, -0.25) is 4.79 Å². The topological polar surface area (TPSA) is 113 Å². The zero-order valence-electron chi connectivity index (χ0n) is 13.9. The monoisotopic (exact) mass is 337 g/mol. The molecule has 0 aliphatic rings. The summed E-state index contributed by atoms with van der Waals surface area (Å²) in [5.41, 5.74) is 11.6. The number of carbonyl (C=O) groups is 1. The number of thioether (sulfide) groups is 1. The molecule has 0 radical (unpaired) electrons. The molecule has 0 saturated heterocycles. The summed E-state index contributed by atoms with van der Waals surface area (Å²) < 4.78 is 7.59. The van der Waals surface area contributed by atoms with E-state index in [1.807, 2.05) is 32.4 Å². The first-order valence-corrected chi connectivity index (χ1v) is 8.36. The first-order valence-electron chi connectivity index (χ1n) is 7.38. The van der Waals surface area contributed by atoms with Crippen molar-refractivity contribution < 1.29 is 9.21 Å². The molecule has 0 spiro atoms. The second kappa shape index (κ2) is 6.76. The Morgan fingerprint density at radius 3 is 2.65 bits per heavy atom. The van der Waals surface area contributed by atoms with E-state index in [-0.39, 0.29) is 11.2 Å². The van der Waals surface area contributed by atoms with Crippen LogP contribution in [0.25, 0.3) is 0 Å². The van der Waals surface area contributed by atoms with E-state index >= 15 is 0 Å². The van der Waals surface area contributed by atoms with Crippen LogP contribution in [-0.2, 0) is 24.6 Å². The number of rotatable bonds is 6. The number of primary amides is 1. The lowest BCUT2D eigenvalue weighted by molar-refractivity contribution is 0.0970. The van der Waals surface area contributed by atoms with Gasteiger partial charge < -0.3 is 20.5 Å². The Balaban J connectivity index is 2.21. The van der Waals surface area contributed by atoms with Crippen LogP contribution < -0.4 is 11.5 Å². The zero-order valence-corrected chi connectivity index (χ0v) is 14.7. The Labute approximate surface area is 139 Å². The van der Waals surface area contributed by atoms with Gasteiger partial charge in [0, 0.05) is 30.2 Å². The van der Waals surface area contributed by atoms with Crippen molar-refractivity contribution in [1.29, 1.82) is 0 Å². The molecule has 0 aromatic carbocycles. The normalized spacial score (nSPS) is 11.9. The number of furan rings is 1. The molecule has 2 aromatic rings. The van der Waals surface area contributed by atoms with Crippen molar-refractivity contribution in [3.05, 3.63) is 29.0 Å². The second-order valence-corrected chi connectivity index (χ2v) is 7.31. The van der Waals surface area contributed by atoms with Gasteiger partial charge >= 0.3 is 0 Å². The molecule has 0 saturated carbocycles. The molecule has 7 nitrogen and oxygen atoms in total. The highest BCUT2D eigenvalue weighted by molar-refractivity contribution is 7.98. The molecule has 126 valence electrons. The first kappa shape index (κ1) is 17.6. The van der Waals surface area contributed by atoms with E-state index in [9.17, 15) is 4.79 Å². The minimum Gasteiger partial charge on any atom is -0.455 e. The summed E-state index contributed by atoms with van der Waals surface area (Å²) in [7, 11) is 1.92. The quantitative estimate of drug-likeness (QED) is 0.774. The van der Waals surface area contributed by atoms with E-state index < -0.39 is 5.91 Å². The first-order chi connectivity index (χ1) is 10.7. The van der Waals surface area contributed by atoms with E-state index in [1.54, 1.807) is 6.07 Å². The van der Waals surface area contributed by atoms with Crippen molar-refractivity contribution in [2.24, 2.45) is 18.5 Å². The van der Waals surface area contributed by atoms with Gasteiger partial charge in [0.25, 0.3) is 5.91 Å². The molecule has 23 heavy (non-hydrogen) atoms. The van der Waals surface area contributed by atoms with Crippen LogP contribution in [-0.4, -0.2) is 27.2 Å². The summed E-state index contributed by atoms with van der Waals surface area (Å²) in [5.74, 6) is 1.88. The molecule has 0 aliphatic carbocycles. The number of aromatic nitrogens is 3. The van der Waals surface area contributed by atoms with Crippen molar-refractivity contribution >= 4 is 17.7 Å². The molecule has 8 heteroatoms. The third-order valence-corrected chi connectivity index (χ3v) is 4.45. The maximum atomic E-state index is 11.4. The maximum absolute atomic E-state index is 11.4. The average Bonchev–Trinajstić information content (AvgIpc) is 3.02. The lowest BCUT2D eigenvalue weighted by Crippen LogP contribution is -2.13. The van der Waals surface area contributed by atoms with Gasteiger partial charge in [0.2, 0.25) is 0 Å². The fraction of sp³-hybridized carbons (Fsp3) is 0.533. The lowest BCUT2D eigenvalue weighted by atomic mass is 9.91. The fourth-order valence-electron chi connectivity index (χ4n) is 2.25. The van der Waals surface area contributed by atoms with E-state index in [4.69, 9.17) is 15.9 Å². The Bertz CT molecular complexity index is 699. The largest absolute Gasteiger partial charge is 0.455 e. The van der Waals surface area contributed by atoms with Gasteiger partial charge in [-0.2, -0.15) is 0 Å². The van der Waals surface area contributed by atoms with Crippen molar-refractivity contribution in [3.8, 4) is 0 Å². The predicted octanol–water partition coefficient (Wildman–Crippen LogP) is 1.60. The van der Waals surface area contributed by atoms with E-state index in [0.717, 1.165) is 22.3 Å². The molecule has 0 bridgehead atoms. The van der Waals surface area contributed by atoms with Gasteiger partial charge in [0.1, 0.15) is 11.6 Å². The van der Waals surface area contributed by atoms with E-state index in [0.29, 0.717) is 18.7 Å². The van der Waals surface area contributed by atoms with Gasteiger partial charge in [0.15, 0.2) is 10.9 Å². The van der Waals surface area contributed by atoms with Gasteiger partial charge in [-0.15, -0.1) is 10.2 Å². The molecule has 2 rings (SSSR count). The van der Waals surface area contributed by atoms with Gasteiger partial charge in [-0.1, -0.05) is 32.5 Å². The standard InChI is InChI=1S/C15H23N5O2S/c1-15(2,3)12-9(7-10(22-12)13(17)21)8-23-14-19-18-11(5-6-16)20(14)4/h7H,5-6,8,16H2,1-4H3,(H2,17,21). The molecule has 0 fully saturated rings. The number of nitrogens with zero attached hydrogens (tertiary/aromatic N) is 3. The Kier molecular flexibility index (Phi) is 5.16. The van der Waals surface area contributed by atoms with Gasteiger partial charge in [-0.25, -0.2) is 0 Å². The van der Waals surface area contributed by atoms with Crippen LogP contribution in [0, 0.1) is 0 Å². The van der Waals surface area contributed by atoms with Crippen molar-refractivity contribution in [1.82, 2.24) is 14.8 Å². The molecule has 1 amide bonds.